The average Bonchev–Trinajstić information content (AvgIpc) is 3.34. The van der Waals surface area contributed by atoms with E-state index in [1.54, 1.807) is 0 Å². The third-order valence-electron chi connectivity index (χ3n) is 6.00. The standard InChI is InChI=1S/C23H28N4.2ClH.Cu/c1-5-23(6-2,21-24-17-13-9-11-15-19(17)26(21)7-3)22-25-18-14-10-12-16-20(18)27(22)8-4;;;/h9-16H,5-8H2,1-4H3;2*1H;/q;;;+2/p-2. The summed E-state index contributed by atoms with van der Waals surface area (Å²) in [7, 11) is 9.34. The van der Waals surface area contributed by atoms with Gasteiger partial charge in [0.15, 0.2) is 0 Å². The second-order valence-electron chi connectivity index (χ2n) is 7.17. The summed E-state index contributed by atoms with van der Waals surface area (Å²) in [5.41, 5.74) is 4.35. The van der Waals surface area contributed by atoms with Gasteiger partial charge in [-0.15, -0.1) is 0 Å². The van der Waals surface area contributed by atoms with Crippen LogP contribution in [0, 0.1) is 0 Å². The number of fused-ring (bicyclic) bond motifs is 2. The van der Waals surface area contributed by atoms with Gasteiger partial charge in [0.1, 0.15) is 11.6 Å². The Kier molecular flexibility index (Phi) is 7.86. The van der Waals surface area contributed by atoms with Gasteiger partial charge in [0.2, 0.25) is 0 Å². The number of hydrogen-bond acceptors (Lipinski definition) is 2. The summed E-state index contributed by atoms with van der Waals surface area (Å²) in [5.74, 6) is 2.28. The van der Waals surface area contributed by atoms with Crippen molar-refractivity contribution in [1.82, 2.24) is 19.1 Å². The van der Waals surface area contributed by atoms with E-state index in [9.17, 15) is 0 Å². The van der Waals surface area contributed by atoms with Gasteiger partial charge in [-0.1, -0.05) is 38.1 Å². The molecular formula is C23H28Cl2CuN4. The first-order valence-corrected chi connectivity index (χ1v) is 12.9. The molecular weight excluding hydrogens is 467 g/mol. The van der Waals surface area contributed by atoms with Crippen molar-refractivity contribution in [1.29, 1.82) is 0 Å². The molecule has 0 aliphatic carbocycles. The van der Waals surface area contributed by atoms with Crippen molar-refractivity contribution in [3.05, 3.63) is 60.2 Å². The van der Waals surface area contributed by atoms with E-state index in [0.717, 1.165) is 61.7 Å². The van der Waals surface area contributed by atoms with Crippen LogP contribution in [0.5, 0.6) is 0 Å². The third kappa shape index (κ3) is 3.89. The number of aryl methyl sites for hydroxylation is 2. The molecule has 4 aromatic rings. The van der Waals surface area contributed by atoms with E-state index in [1.165, 1.54) is 11.0 Å². The molecule has 0 N–H and O–H groups in total. The molecule has 0 spiro atoms. The van der Waals surface area contributed by atoms with Crippen molar-refractivity contribution < 1.29 is 13.1 Å². The van der Waals surface area contributed by atoms with E-state index >= 15 is 0 Å². The Morgan fingerprint density at radius 1 is 0.733 bits per heavy atom. The van der Waals surface area contributed by atoms with Crippen LogP contribution in [0.2, 0.25) is 0 Å². The van der Waals surface area contributed by atoms with E-state index in [2.05, 4.69) is 106 Å². The molecule has 7 heteroatoms. The number of halogens is 2. The van der Waals surface area contributed by atoms with Gasteiger partial charge in [-0.25, -0.2) is 9.97 Å². The van der Waals surface area contributed by atoms with Crippen LogP contribution in [0.4, 0.5) is 0 Å². The van der Waals surface area contributed by atoms with Crippen LogP contribution in [0.3, 0.4) is 0 Å². The zero-order valence-corrected chi connectivity index (χ0v) is 20.2. The van der Waals surface area contributed by atoms with Crippen LogP contribution in [-0.4, -0.2) is 19.1 Å². The number of para-hydroxylation sites is 4. The van der Waals surface area contributed by atoms with Crippen LogP contribution in [0.25, 0.3) is 22.1 Å². The summed E-state index contributed by atoms with van der Waals surface area (Å²) in [6, 6.07) is 16.9. The van der Waals surface area contributed by atoms with Crippen LogP contribution in [-0.2, 0) is 31.6 Å². The van der Waals surface area contributed by atoms with Crippen molar-refractivity contribution in [2.24, 2.45) is 0 Å². The van der Waals surface area contributed by atoms with E-state index in [4.69, 9.17) is 9.97 Å². The molecule has 0 radical (unpaired) electrons. The fourth-order valence-electron chi connectivity index (χ4n) is 4.50. The van der Waals surface area contributed by atoms with Gasteiger partial charge in [0, 0.05) is 13.1 Å². The monoisotopic (exact) mass is 493 g/mol. The summed E-state index contributed by atoms with van der Waals surface area (Å²) < 4.78 is 4.75. The molecule has 0 saturated carbocycles. The molecule has 2 aromatic carbocycles. The SMILES string of the molecule is CCn1c(C(CC)(CC)c2nc3ccccc3n2CC)nc2ccccc21.[Cl][Cu][Cl]. The number of nitrogens with zero attached hydrogens (tertiary/aromatic N) is 4. The van der Waals surface area contributed by atoms with Gasteiger partial charge < -0.3 is 9.13 Å². The van der Waals surface area contributed by atoms with Crippen LogP contribution in [0.1, 0.15) is 52.2 Å². The number of benzene rings is 2. The van der Waals surface area contributed by atoms with Crippen LogP contribution < -0.4 is 0 Å². The van der Waals surface area contributed by atoms with Crippen molar-refractivity contribution in [3.8, 4) is 0 Å². The first kappa shape index (κ1) is 23.1. The predicted octanol–water partition coefficient (Wildman–Crippen LogP) is 6.91. The molecule has 0 aliphatic rings. The molecule has 2 heterocycles. The van der Waals surface area contributed by atoms with Crippen LogP contribution in [0.15, 0.2) is 48.5 Å². The molecule has 4 nitrogen and oxygen atoms in total. The van der Waals surface area contributed by atoms with Crippen molar-refractivity contribution in [2.45, 2.75) is 59.0 Å². The fraction of sp³-hybridized carbons (Fsp3) is 0.391. The topological polar surface area (TPSA) is 35.6 Å². The molecule has 165 valence electrons. The van der Waals surface area contributed by atoms with Gasteiger partial charge >= 0.3 is 33.3 Å². The molecule has 0 bridgehead atoms. The van der Waals surface area contributed by atoms with Gasteiger partial charge in [-0.3, -0.25) is 0 Å². The Labute approximate surface area is 193 Å². The predicted molar refractivity (Wildman–Crippen MR) is 124 cm³/mol. The Bertz CT molecular complexity index is 1030. The van der Waals surface area contributed by atoms with E-state index in [0.29, 0.717) is 0 Å². The molecule has 0 amide bonds. The average molecular weight is 495 g/mol. The molecule has 30 heavy (non-hydrogen) atoms. The quantitative estimate of drug-likeness (QED) is 0.273. The molecule has 4 rings (SSSR count). The number of aromatic nitrogens is 4. The van der Waals surface area contributed by atoms with Crippen molar-refractivity contribution in [2.75, 3.05) is 0 Å². The van der Waals surface area contributed by atoms with Gasteiger partial charge in [-0.05, 0) is 51.0 Å². The molecule has 0 atom stereocenters. The maximum atomic E-state index is 5.13. The molecule has 0 unspecified atom stereocenters. The third-order valence-corrected chi connectivity index (χ3v) is 6.00. The normalized spacial score (nSPS) is 11.8. The summed E-state index contributed by atoms with van der Waals surface area (Å²) in [4.78, 5) is 10.3. The number of rotatable bonds is 6. The molecule has 0 fully saturated rings. The second kappa shape index (κ2) is 10.2. The summed E-state index contributed by atoms with van der Waals surface area (Å²) >= 11 is 0.757. The Hall–Kier alpha value is -1.52. The summed E-state index contributed by atoms with van der Waals surface area (Å²) in [6.07, 6.45) is 1.94. The maximum absolute atomic E-state index is 5.13. The van der Waals surface area contributed by atoms with E-state index < -0.39 is 0 Å². The molecule has 0 aliphatic heterocycles. The minimum absolute atomic E-state index is 0.204. The van der Waals surface area contributed by atoms with Gasteiger partial charge in [0.25, 0.3) is 0 Å². The summed E-state index contributed by atoms with van der Waals surface area (Å²) in [5, 5.41) is 0. The first-order chi connectivity index (χ1) is 14.6. The van der Waals surface area contributed by atoms with Gasteiger partial charge in [-0.2, -0.15) is 0 Å². The van der Waals surface area contributed by atoms with Crippen molar-refractivity contribution >= 4 is 42.3 Å². The van der Waals surface area contributed by atoms with Crippen LogP contribution >= 0.6 is 20.2 Å². The number of imidazole rings is 2. The van der Waals surface area contributed by atoms with E-state index in [-0.39, 0.29) is 5.41 Å². The Morgan fingerprint density at radius 3 is 1.43 bits per heavy atom. The molecule has 2 aromatic heterocycles. The Morgan fingerprint density at radius 2 is 1.10 bits per heavy atom. The second-order valence-corrected chi connectivity index (χ2v) is 8.72. The van der Waals surface area contributed by atoms with Crippen molar-refractivity contribution in [3.63, 3.8) is 0 Å². The van der Waals surface area contributed by atoms with Gasteiger partial charge in [0.05, 0.1) is 27.5 Å². The minimum atomic E-state index is -0.204. The summed E-state index contributed by atoms with van der Waals surface area (Å²) in [6.45, 7) is 10.8. The zero-order valence-electron chi connectivity index (χ0n) is 17.8. The number of hydrogen-bond donors (Lipinski definition) is 0. The first-order valence-electron chi connectivity index (χ1n) is 10.3. The Balaban J connectivity index is 0.000000806. The van der Waals surface area contributed by atoms with E-state index in [1.807, 2.05) is 0 Å². The zero-order chi connectivity index (χ0) is 21.7. The fourth-order valence-corrected chi connectivity index (χ4v) is 4.50. The molecule has 0 saturated heterocycles.